The number of thiophene rings is 1. The molecule has 0 aromatic carbocycles. The van der Waals surface area contributed by atoms with Gasteiger partial charge in [0, 0.05) is 5.92 Å². The van der Waals surface area contributed by atoms with E-state index in [1.807, 2.05) is 0 Å². The Morgan fingerprint density at radius 2 is 2.00 bits per heavy atom. The summed E-state index contributed by atoms with van der Waals surface area (Å²) in [4.78, 5) is 24.2. The molecule has 0 radical (unpaired) electrons. The zero-order chi connectivity index (χ0) is 13.8. The van der Waals surface area contributed by atoms with Gasteiger partial charge in [-0.1, -0.05) is 6.92 Å². The summed E-state index contributed by atoms with van der Waals surface area (Å²) in [7, 11) is 1.34. The molecule has 1 aromatic rings. The molecule has 0 bridgehead atoms. The Morgan fingerprint density at radius 1 is 1.32 bits per heavy atom. The summed E-state index contributed by atoms with van der Waals surface area (Å²) in [5.41, 5.74) is 0.570. The second-order valence-electron chi connectivity index (χ2n) is 5.10. The molecule has 0 aliphatic heterocycles. The van der Waals surface area contributed by atoms with Crippen molar-refractivity contribution >= 4 is 28.9 Å². The minimum atomic E-state index is -0.400. The fourth-order valence-electron chi connectivity index (χ4n) is 2.42. The van der Waals surface area contributed by atoms with Gasteiger partial charge >= 0.3 is 5.97 Å². The summed E-state index contributed by atoms with van der Waals surface area (Å²) in [5.74, 6) is 0.412. The van der Waals surface area contributed by atoms with E-state index in [2.05, 4.69) is 12.2 Å². The highest BCUT2D eigenvalue weighted by Crippen LogP contribution is 2.30. The lowest BCUT2D eigenvalue weighted by Crippen LogP contribution is -2.27. The topological polar surface area (TPSA) is 55.4 Å². The summed E-state index contributed by atoms with van der Waals surface area (Å²) in [6.07, 6.45) is 4.08. The second kappa shape index (κ2) is 6.19. The maximum Gasteiger partial charge on any atom is 0.350 e. The monoisotopic (exact) mass is 281 g/mol. The lowest BCUT2D eigenvalue weighted by atomic mass is 9.82. The highest BCUT2D eigenvalue weighted by molar-refractivity contribution is 7.12. The van der Waals surface area contributed by atoms with Crippen LogP contribution in [0.1, 0.15) is 42.3 Å². The minimum absolute atomic E-state index is 0.0236. The number of carbonyl (C=O) groups excluding carboxylic acids is 2. The first kappa shape index (κ1) is 14.1. The zero-order valence-electron chi connectivity index (χ0n) is 11.3. The maximum absolute atomic E-state index is 12.2. The molecular formula is C14H19NO3S. The first-order valence-corrected chi connectivity index (χ1v) is 7.46. The highest BCUT2D eigenvalue weighted by atomic mass is 32.1. The van der Waals surface area contributed by atoms with E-state index in [1.54, 1.807) is 11.4 Å². The Hall–Kier alpha value is -1.36. The summed E-state index contributed by atoms with van der Waals surface area (Å²) in [6.45, 7) is 2.22. The number of amides is 1. The van der Waals surface area contributed by atoms with Gasteiger partial charge in [-0.2, -0.15) is 0 Å². The first-order valence-electron chi connectivity index (χ1n) is 6.58. The number of nitrogens with one attached hydrogen (secondary N) is 1. The van der Waals surface area contributed by atoms with E-state index in [9.17, 15) is 9.59 Å². The van der Waals surface area contributed by atoms with Crippen molar-refractivity contribution in [1.82, 2.24) is 0 Å². The molecule has 0 atom stereocenters. The number of methoxy groups -OCH3 is 1. The quantitative estimate of drug-likeness (QED) is 0.865. The molecule has 1 N–H and O–H groups in total. The number of esters is 1. The third-order valence-corrected chi connectivity index (χ3v) is 4.57. The normalized spacial score (nSPS) is 22.8. The van der Waals surface area contributed by atoms with Gasteiger partial charge in [-0.25, -0.2) is 4.79 Å². The molecule has 1 amide bonds. The van der Waals surface area contributed by atoms with Gasteiger partial charge in [0.15, 0.2) is 0 Å². The van der Waals surface area contributed by atoms with Gasteiger partial charge in [0.05, 0.1) is 12.8 Å². The maximum atomic E-state index is 12.2. The van der Waals surface area contributed by atoms with Crippen LogP contribution in [0.2, 0.25) is 0 Å². The van der Waals surface area contributed by atoms with Gasteiger partial charge in [-0.05, 0) is 43.0 Å². The second-order valence-corrected chi connectivity index (χ2v) is 6.02. The average molecular weight is 281 g/mol. The largest absolute Gasteiger partial charge is 0.465 e. The van der Waals surface area contributed by atoms with Crippen molar-refractivity contribution in [3.63, 3.8) is 0 Å². The molecule has 1 aliphatic rings. The van der Waals surface area contributed by atoms with Gasteiger partial charge in [-0.3, -0.25) is 4.79 Å². The van der Waals surface area contributed by atoms with Crippen LogP contribution in [0.5, 0.6) is 0 Å². The Bertz CT molecular complexity index is 461. The number of rotatable bonds is 3. The van der Waals surface area contributed by atoms with Crippen LogP contribution in [0.4, 0.5) is 5.69 Å². The molecule has 1 aromatic heterocycles. The fraction of sp³-hybridized carbons (Fsp3) is 0.571. The lowest BCUT2D eigenvalue weighted by molar-refractivity contribution is -0.121. The number of carbonyl (C=O) groups is 2. The van der Waals surface area contributed by atoms with E-state index in [1.165, 1.54) is 18.4 Å². The predicted octanol–water partition coefficient (Wildman–Crippen LogP) is 3.30. The van der Waals surface area contributed by atoms with Crippen molar-refractivity contribution in [3.05, 3.63) is 16.3 Å². The molecule has 5 heteroatoms. The van der Waals surface area contributed by atoms with Crippen molar-refractivity contribution < 1.29 is 14.3 Å². The molecule has 2 rings (SSSR count). The fourth-order valence-corrected chi connectivity index (χ4v) is 3.18. The Kier molecular flexibility index (Phi) is 4.58. The van der Waals surface area contributed by atoms with Gasteiger partial charge < -0.3 is 10.1 Å². The standard InChI is InChI=1S/C14H19NO3S/c1-9-3-5-10(6-4-9)13(16)15-11-7-8-19-12(11)14(17)18-2/h7-10H,3-6H2,1-2H3,(H,15,16)/t9-,10-. The van der Waals surface area contributed by atoms with E-state index >= 15 is 0 Å². The van der Waals surface area contributed by atoms with Crippen LogP contribution >= 0.6 is 11.3 Å². The van der Waals surface area contributed by atoms with Crippen molar-refractivity contribution in [2.45, 2.75) is 32.6 Å². The van der Waals surface area contributed by atoms with E-state index in [0.29, 0.717) is 10.6 Å². The minimum Gasteiger partial charge on any atom is -0.465 e. The van der Waals surface area contributed by atoms with E-state index < -0.39 is 5.97 Å². The lowest BCUT2D eigenvalue weighted by Gasteiger charge is -2.25. The molecule has 1 heterocycles. The zero-order valence-corrected chi connectivity index (χ0v) is 12.1. The summed E-state index contributed by atoms with van der Waals surface area (Å²) >= 11 is 1.28. The number of hydrogen-bond donors (Lipinski definition) is 1. The van der Waals surface area contributed by atoms with Crippen LogP contribution in [0.25, 0.3) is 0 Å². The predicted molar refractivity (Wildman–Crippen MR) is 75.4 cm³/mol. The molecule has 104 valence electrons. The van der Waals surface area contributed by atoms with Gasteiger partial charge in [-0.15, -0.1) is 11.3 Å². The van der Waals surface area contributed by atoms with Crippen LogP contribution in [0, 0.1) is 11.8 Å². The number of anilines is 1. The van der Waals surface area contributed by atoms with Gasteiger partial charge in [0.25, 0.3) is 0 Å². The SMILES string of the molecule is COC(=O)c1sccc1NC(=O)[C@H]1CC[C@H](C)CC1. The average Bonchev–Trinajstić information content (AvgIpc) is 2.86. The van der Waals surface area contributed by atoms with Crippen LogP contribution in [-0.4, -0.2) is 19.0 Å². The Balaban J connectivity index is 1.99. The summed E-state index contributed by atoms with van der Waals surface area (Å²) in [5, 5.41) is 4.64. The summed E-state index contributed by atoms with van der Waals surface area (Å²) in [6, 6.07) is 1.75. The van der Waals surface area contributed by atoms with Gasteiger partial charge in [0.2, 0.25) is 5.91 Å². The molecule has 0 spiro atoms. The van der Waals surface area contributed by atoms with Crippen molar-refractivity contribution in [2.75, 3.05) is 12.4 Å². The Morgan fingerprint density at radius 3 is 2.63 bits per heavy atom. The van der Waals surface area contributed by atoms with E-state index in [0.717, 1.165) is 31.6 Å². The van der Waals surface area contributed by atoms with E-state index in [4.69, 9.17) is 4.74 Å². The van der Waals surface area contributed by atoms with Crippen LogP contribution in [-0.2, 0) is 9.53 Å². The molecule has 19 heavy (non-hydrogen) atoms. The molecule has 0 unspecified atom stereocenters. The van der Waals surface area contributed by atoms with Gasteiger partial charge in [0.1, 0.15) is 4.88 Å². The molecule has 4 nitrogen and oxygen atoms in total. The van der Waals surface area contributed by atoms with Crippen LogP contribution in [0.3, 0.4) is 0 Å². The highest BCUT2D eigenvalue weighted by Gasteiger charge is 2.25. The van der Waals surface area contributed by atoms with Crippen molar-refractivity contribution in [1.29, 1.82) is 0 Å². The van der Waals surface area contributed by atoms with Crippen LogP contribution in [0.15, 0.2) is 11.4 Å². The van der Waals surface area contributed by atoms with E-state index in [-0.39, 0.29) is 11.8 Å². The smallest absolute Gasteiger partial charge is 0.350 e. The first-order chi connectivity index (χ1) is 9.11. The number of ether oxygens (including phenoxy) is 1. The molecule has 1 fully saturated rings. The summed E-state index contributed by atoms with van der Waals surface area (Å²) < 4.78 is 4.70. The Labute approximate surface area is 117 Å². The third-order valence-electron chi connectivity index (χ3n) is 3.68. The molecule has 1 saturated carbocycles. The molecule has 0 saturated heterocycles. The molecular weight excluding hydrogens is 262 g/mol. The van der Waals surface area contributed by atoms with Crippen molar-refractivity contribution in [3.8, 4) is 0 Å². The molecule has 1 aliphatic carbocycles. The third kappa shape index (κ3) is 3.35. The number of hydrogen-bond acceptors (Lipinski definition) is 4. The van der Waals surface area contributed by atoms with Crippen molar-refractivity contribution in [2.24, 2.45) is 11.8 Å². The van der Waals surface area contributed by atoms with Crippen LogP contribution < -0.4 is 5.32 Å².